The summed E-state index contributed by atoms with van der Waals surface area (Å²) in [7, 11) is 0. The minimum atomic E-state index is -4.38. The summed E-state index contributed by atoms with van der Waals surface area (Å²) >= 11 is 0. The number of nitrogens with zero attached hydrogens (tertiary/aromatic N) is 2. The number of halogens is 3. The maximum Gasteiger partial charge on any atom is 0.416 e. The van der Waals surface area contributed by atoms with Gasteiger partial charge in [-0.25, -0.2) is 4.98 Å². The number of alkyl halides is 3. The predicted octanol–water partition coefficient (Wildman–Crippen LogP) is 3.31. The number of likely N-dealkylation sites (tertiary alicyclic amines) is 1. The fraction of sp³-hybridized carbons (Fsp3) is 0.438. The third-order valence-corrected chi connectivity index (χ3v) is 3.99. The van der Waals surface area contributed by atoms with Crippen LogP contribution in [0.15, 0.2) is 34.9 Å². The minimum absolute atomic E-state index is 0.292. The summed E-state index contributed by atoms with van der Waals surface area (Å²) in [4.78, 5) is 6.01. The van der Waals surface area contributed by atoms with Crippen LogP contribution in [0.25, 0.3) is 0 Å². The summed E-state index contributed by atoms with van der Waals surface area (Å²) in [6, 6.07) is 4.97. The van der Waals surface area contributed by atoms with E-state index in [0.717, 1.165) is 12.1 Å². The molecule has 1 aliphatic rings. The highest BCUT2D eigenvalue weighted by molar-refractivity contribution is 5.29. The predicted molar refractivity (Wildman–Crippen MR) is 76.5 cm³/mol. The molecule has 0 aliphatic carbocycles. The zero-order valence-corrected chi connectivity index (χ0v) is 12.5. The van der Waals surface area contributed by atoms with Gasteiger partial charge in [0.05, 0.1) is 24.4 Å². The molecule has 2 atom stereocenters. The van der Waals surface area contributed by atoms with Gasteiger partial charge in [-0.05, 0) is 31.0 Å². The van der Waals surface area contributed by atoms with E-state index in [9.17, 15) is 18.3 Å². The molecule has 1 aliphatic heterocycles. The Kier molecular flexibility index (Phi) is 4.16. The largest absolute Gasteiger partial charge is 0.445 e. The van der Waals surface area contributed by atoms with Gasteiger partial charge in [0.2, 0.25) is 5.89 Å². The van der Waals surface area contributed by atoms with Gasteiger partial charge >= 0.3 is 6.18 Å². The first-order chi connectivity index (χ1) is 10.8. The molecule has 0 bridgehead atoms. The van der Waals surface area contributed by atoms with Crippen LogP contribution in [0.5, 0.6) is 0 Å². The summed E-state index contributed by atoms with van der Waals surface area (Å²) in [5.74, 6) is 1.17. The molecule has 1 aromatic carbocycles. The summed E-state index contributed by atoms with van der Waals surface area (Å²) in [6.45, 7) is 2.51. The van der Waals surface area contributed by atoms with E-state index in [1.54, 1.807) is 19.2 Å². The summed E-state index contributed by atoms with van der Waals surface area (Å²) in [5.41, 5.74) is -0.136. The lowest BCUT2D eigenvalue weighted by molar-refractivity contribution is -0.137. The molecule has 0 saturated carbocycles. The van der Waals surface area contributed by atoms with Crippen molar-refractivity contribution in [2.75, 3.05) is 6.54 Å². The summed E-state index contributed by atoms with van der Waals surface area (Å²) in [6.07, 6.45) is -2.97. The van der Waals surface area contributed by atoms with Crippen molar-refractivity contribution in [3.63, 3.8) is 0 Å². The topological polar surface area (TPSA) is 49.5 Å². The molecule has 1 fully saturated rings. The number of aliphatic hydroxyl groups is 1. The number of rotatable bonds is 3. The number of aromatic nitrogens is 1. The van der Waals surface area contributed by atoms with Crippen LogP contribution in [0, 0.1) is 6.92 Å². The van der Waals surface area contributed by atoms with Crippen LogP contribution in [0.3, 0.4) is 0 Å². The molecule has 1 saturated heterocycles. The van der Waals surface area contributed by atoms with Crippen LogP contribution in [0.1, 0.15) is 35.2 Å². The number of hydrogen-bond acceptors (Lipinski definition) is 4. The minimum Gasteiger partial charge on any atom is -0.445 e. The first-order valence-corrected chi connectivity index (χ1v) is 7.33. The van der Waals surface area contributed by atoms with Crippen molar-refractivity contribution in [1.82, 2.24) is 9.88 Å². The highest BCUT2D eigenvalue weighted by Crippen LogP contribution is 2.36. The van der Waals surface area contributed by atoms with Crippen molar-refractivity contribution < 1.29 is 22.7 Å². The van der Waals surface area contributed by atoms with Crippen molar-refractivity contribution in [2.45, 2.75) is 38.2 Å². The normalized spacial score (nSPS) is 22.7. The number of aryl methyl sites for hydroxylation is 1. The number of oxazole rings is 1. The van der Waals surface area contributed by atoms with E-state index < -0.39 is 17.8 Å². The standard InChI is InChI=1S/C16H17F3N2O2/c1-10-7-20-15(23-10)9-21-8-13(22)6-14(21)11-3-2-4-12(5-11)16(17,18)19/h2-5,7,13-14,22H,6,8-9H2,1H3/t13-,14-/m0/s1. The van der Waals surface area contributed by atoms with Gasteiger partial charge in [0.15, 0.2) is 0 Å². The van der Waals surface area contributed by atoms with Crippen LogP contribution in [-0.4, -0.2) is 27.6 Å². The Balaban J connectivity index is 1.84. The maximum atomic E-state index is 12.9. The molecule has 0 amide bonds. The van der Waals surface area contributed by atoms with Crippen molar-refractivity contribution in [2.24, 2.45) is 0 Å². The van der Waals surface area contributed by atoms with Crippen LogP contribution < -0.4 is 0 Å². The van der Waals surface area contributed by atoms with Crippen LogP contribution in [0.2, 0.25) is 0 Å². The monoisotopic (exact) mass is 326 g/mol. The van der Waals surface area contributed by atoms with E-state index in [0.29, 0.717) is 36.7 Å². The van der Waals surface area contributed by atoms with Gasteiger partial charge < -0.3 is 9.52 Å². The molecule has 124 valence electrons. The highest BCUT2D eigenvalue weighted by atomic mass is 19.4. The molecule has 23 heavy (non-hydrogen) atoms. The van der Waals surface area contributed by atoms with Crippen LogP contribution >= 0.6 is 0 Å². The average molecular weight is 326 g/mol. The van der Waals surface area contributed by atoms with Gasteiger partial charge in [0, 0.05) is 12.6 Å². The van der Waals surface area contributed by atoms with Crippen molar-refractivity contribution in [1.29, 1.82) is 0 Å². The zero-order chi connectivity index (χ0) is 16.6. The molecule has 4 nitrogen and oxygen atoms in total. The Hall–Kier alpha value is -1.86. The quantitative estimate of drug-likeness (QED) is 0.940. The molecule has 0 radical (unpaired) electrons. The van der Waals surface area contributed by atoms with E-state index in [-0.39, 0.29) is 6.04 Å². The first-order valence-electron chi connectivity index (χ1n) is 7.33. The molecular weight excluding hydrogens is 309 g/mol. The van der Waals surface area contributed by atoms with Gasteiger partial charge in [-0.1, -0.05) is 12.1 Å². The lowest BCUT2D eigenvalue weighted by atomic mass is 10.0. The molecule has 3 rings (SSSR count). The second-order valence-electron chi connectivity index (χ2n) is 5.82. The molecule has 1 aromatic heterocycles. The first kappa shape index (κ1) is 16.0. The summed E-state index contributed by atoms with van der Waals surface area (Å²) < 4.78 is 44.1. The Morgan fingerprint density at radius 1 is 1.39 bits per heavy atom. The van der Waals surface area contributed by atoms with Gasteiger partial charge in [-0.15, -0.1) is 0 Å². The lowest BCUT2D eigenvalue weighted by Crippen LogP contribution is -2.24. The number of β-amino-alcohol motifs (C(OH)–C–C–N with tert-alkyl or cyclic N) is 1. The second kappa shape index (κ2) is 5.98. The number of hydrogen-bond donors (Lipinski definition) is 1. The van der Waals surface area contributed by atoms with Gasteiger partial charge in [-0.3, -0.25) is 4.90 Å². The molecule has 2 heterocycles. The molecular formula is C16H17F3N2O2. The molecule has 1 N–H and O–H groups in total. The van der Waals surface area contributed by atoms with E-state index in [2.05, 4.69) is 4.98 Å². The molecule has 0 unspecified atom stereocenters. The van der Waals surface area contributed by atoms with E-state index in [1.165, 1.54) is 6.07 Å². The smallest absolute Gasteiger partial charge is 0.416 e. The number of aliphatic hydroxyl groups excluding tert-OH is 1. The molecule has 0 spiro atoms. The SMILES string of the molecule is Cc1cnc(CN2C[C@@H](O)C[C@H]2c2cccc(C(F)(F)F)c2)o1. The van der Waals surface area contributed by atoms with E-state index in [1.807, 2.05) is 4.90 Å². The van der Waals surface area contributed by atoms with Gasteiger partial charge in [0.25, 0.3) is 0 Å². The third kappa shape index (κ3) is 3.56. The molecule has 7 heteroatoms. The average Bonchev–Trinajstić information content (AvgIpc) is 3.04. The maximum absolute atomic E-state index is 12.9. The van der Waals surface area contributed by atoms with Crippen molar-refractivity contribution in [3.8, 4) is 0 Å². The Morgan fingerprint density at radius 2 is 2.17 bits per heavy atom. The van der Waals surface area contributed by atoms with Crippen LogP contribution in [-0.2, 0) is 12.7 Å². The second-order valence-corrected chi connectivity index (χ2v) is 5.82. The van der Waals surface area contributed by atoms with Gasteiger partial charge in [-0.2, -0.15) is 13.2 Å². The third-order valence-electron chi connectivity index (χ3n) is 3.99. The Morgan fingerprint density at radius 3 is 2.83 bits per heavy atom. The summed E-state index contributed by atoms with van der Waals surface area (Å²) in [5, 5.41) is 9.93. The van der Waals surface area contributed by atoms with Crippen LogP contribution in [0.4, 0.5) is 13.2 Å². The molecule has 2 aromatic rings. The highest BCUT2D eigenvalue weighted by Gasteiger charge is 2.35. The fourth-order valence-electron chi connectivity index (χ4n) is 2.97. The van der Waals surface area contributed by atoms with Crippen molar-refractivity contribution >= 4 is 0 Å². The lowest BCUT2D eigenvalue weighted by Gasteiger charge is -2.23. The fourth-order valence-corrected chi connectivity index (χ4v) is 2.97. The van der Waals surface area contributed by atoms with E-state index >= 15 is 0 Å². The Labute approximate surface area is 131 Å². The van der Waals surface area contributed by atoms with E-state index in [4.69, 9.17) is 4.42 Å². The van der Waals surface area contributed by atoms with Crippen molar-refractivity contribution in [3.05, 3.63) is 53.2 Å². The zero-order valence-electron chi connectivity index (χ0n) is 12.5. The number of benzene rings is 1. The van der Waals surface area contributed by atoms with Gasteiger partial charge in [0.1, 0.15) is 5.76 Å². The Bertz CT molecular complexity index is 684.